The van der Waals surface area contributed by atoms with E-state index >= 15 is 0 Å². The number of likely N-dealkylation sites (N-methyl/N-ethyl adjacent to an activating group) is 1. The van der Waals surface area contributed by atoms with Crippen LogP contribution in [0, 0.1) is 35.5 Å². The lowest BCUT2D eigenvalue weighted by atomic mass is 9.75. The number of alkyl carbamates (subject to hydrolysis) is 1. The van der Waals surface area contributed by atoms with Crippen molar-refractivity contribution in [1.29, 1.82) is 0 Å². The van der Waals surface area contributed by atoms with Crippen molar-refractivity contribution in [2.75, 3.05) is 21.3 Å². The summed E-state index contributed by atoms with van der Waals surface area (Å²) in [5.41, 5.74) is 12.9. The number of fused-ring (bicyclic) bond motifs is 11. The van der Waals surface area contributed by atoms with Gasteiger partial charge in [0, 0.05) is 18.1 Å². The average Bonchev–Trinajstić information content (AvgIpc) is 4.29. The lowest BCUT2D eigenvalue weighted by Gasteiger charge is -2.36. The molecule has 2 aromatic carbocycles. The third-order valence-corrected chi connectivity index (χ3v) is 18.2. The molecule has 5 aliphatic carbocycles. The molecule has 78 heavy (non-hydrogen) atoms. The lowest BCUT2D eigenvalue weighted by molar-refractivity contribution is -0.138. The minimum atomic E-state index is -0.360. The van der Waals surface area contributed by atoms with Gasteiger partial charge in [-0.2, -0.15) is 0 Å². The van der Waals surface area contributed by atoms with Crippen molar-refractivity contribution >= 4 is 58.1 Å². The third-order valence-electron chi connectivity index (χ3n) is 18.2. The number of nitrogens with one attached hydrogen (secondary N) is 4. The van der Waals surface area contributed by atoms with Crippen molar-refractivity contribution in [2.45, 2.75) is 175 Å². The van der Waals surface area contributed by atoms with Gasteiger partial charge in [-0.3, -0.25) is 14.4 Å². The van der Waals surface area contributed by atoms with Gasteiger partial charge in [0.15, 0.2) is 0 Å². The van der Waals surface area contributed by atoms with E-state index in [1.54, 1.807) is 0 Å². The minimum absolute atomic E-state index is 0.0270. The third kappa shape index (κ3) is 12.7. The van der Waals surface area contributed by atoms with Crippen LogP contribution in [0.25, 0.3) is 33.2 Å². The van der Waals surface area contributed by atoms with Gasteiger partial charge in [-0.25, -0.2) is 14.8 Å². The Morgan fingerprint density at radius 3 is 2.01 bits per heavy atom. The normalized spacial score (nSPS) is 27.2. The van der Waals surface area contributed by atoms with Gasteiger partial charge in [0.2, 0.25) is 12.3 Å². The SMILES string of the molecule is C=C1C[C@@H](C)[C@@H]2C=CC(=C(c3ccc4nc([C@@H]5C[C@@H]6CCCC[C@@H]6N5C=O)[nH]c4c3)C2)CCC(=C/C)/C=C\1c1ccc2nc([C@@H]3C[C@@H]4CCCC[C@@H]4N3C(=O)C(NC)C(C)C)[nH]c2c1.COC(=O)NC(C)C(C)C.COC=O. The van der Waals surface area contributed by atoms with Gasteiger partial charge in [0.25, 0.3) is 6.47 Å². The number of rotatable bonds is 11. The maximum atomic E-state index is 14.3. The van der Waals surface area contributed by atoms with Crippen molar-refractivity contribution in [3.8, 4) is 0 Å². The number of hydrogen-bond acceptors (Lipinski definition) is 9. The molecule has 4 fully saturated rings. The van der Waals surface area contributed by atoms with E-state index in [-0.39, 0.29) is 48.1 Å². The number of nitrogens with zero attached hydrogens (tertiary/aromatic N) is 4. The number of aromatic nitrogens is 4. The summed E-state index contributed by atoms with van der Waals surface area (Å²) in [5.74, 6) is 4.57. The molecule has 0 spiro atoms. The summed E-state index contributed by atoms with van der Waals surface area (Å²) in [6.45, 7) is 20.0. The number of aromatic amines is 2. The molecule has 11 rings (SSSR count). The van der Waals surface area contributed by atoms with Gasteiger partial charge >= 0.3 is 6.09 Å². The molecule has 2 aliphatic heterocycles. The molecular formula is C64H88N8O6. The highest BCUT2D eigenvalue weighted by molar-refractivity contribution is 5.88. The van der Waals surface area contributed by atoms with E-state index in [4.69, 9.17) is 21.3 Å². The van der Waals surface area contributed by atoms with E-state index in [0.717, 1.165) is 103 Å². The number of allylic oxidation sites excluding steroid dienone is 9. The number of ether oxygens (including phenoxy) is 2. The van der Waals surface area contributed by atoms with Gasteiger partial charge in [0.1, 0.15) is 11.6 Å². The summed E-state index contributed by atoms with van der Waals surface area (Å²) >= 11 is 0. The summed E-state index contributed by atoms with van der Waals surface area (Å²) in [6, 6.07) is 14.0. The molecule has 2 bridgehead atoms. The molecule has 14 nitrogen and oxygen atoms in total. The molecule has 2 aromatic heterocycles. The van der Waals surface area contributed by atoms with Crippen LogP contribution in [0.1, 0.15) is 173 Å². The van der Waals surface area contributed by atoms with Crippen molar-refractivity contribution in [3.63, 3.8) is 0 Å². The van der Waals surface area contributed by atoms with Crippen LogP contribution in [0.2, 0.25) is 0 Å². The Morgan fingerprint density at radius 1 is 0.808 bits per heavy atom. The molecular weight excluding hydrogens is 977 g/mol. The fourth-order valence-electron chi connectivity index (χ4n) is 13.5. The molecule has 2 saturated heterocycles. The second-order valence-corrected chi connectivity index (χ2v) is 23.7. The zero-order valence-corrected chi connectivity index (χ0v) is 48.2. The maximum absolute atomic E-state index is 14.3. The smallest absolute Gasteiger partial charge is 0.407 e. The van der Waals surface area contributed by atoms with Gasteiger partial charge in [-0.15, -0.1) is 0 Å². The average molecular weight is 1070 g/mol. The number of hydrogen-bond donors (Lipinski definition) is 4. The van der Waals surface area contributed by atoms with Crippen LogP contribution in [-0.4, -0.2) is 100 Å². The van der Waals surface area contributed by atoms with Crippen LogP contribution in [0.5, 0.6) is 0 Å². The highest BCUT2D eigenvalue weighted by atomic mass is 16.5. The fraction of sp³-hybridized carbons (Fsp3) is 0.562. The fourth-order valence-corrected chi connectivity index (χ4v) is 13.5. The Bertz CT molecular complexity index is 2910. The van der Waals surface area contributed by atoms with Crippen LogP contribution >= 0.6 is 0 Å². The van der Waals surface area contributed by atoms with E-state index in [1.807, 2.05) is 27.8 Å². The number of methoxy groups -OCH3 is 2. The van der Waals surface area contributed by atoms with Crippen LogP contribution in [0.3, 0.4) is 0 Å². The Balaban J connectivity index is 0.000000509. The Labute approximate surface area is 463 Å². The highest BCUT2D eigenvalue weighted by Gasteiger charge is 2.48. The Morgan fingerprint density at radius 2 is 1.41 bits per heavy atom. The molecule has 14 heteroatoms. The standard InChI is InChI=1S/C55H69N7O2.C7H15NO2.C2H4O2/c1-7-35-16-17-36-18-19-37(26-43(36)39-21-23-44-47(28-39)59-53(57-44)50-29-40-12-8-10-14-48(40)61(50)31-63)33(4)24-34(5)42(25-35)38-20-22-45-46(27-38)60-54(58-45)51-30-41-13-9-11-15-49(41)62(51)55(64)52(56-6)32(2)3;1-5(2)6(3)8-7(9)10-4;1-4-2-3/h7,18-23,25,27-28,31-33,37,40-41,48-52,56H,5,8-17,24,26,29-30H2,1-4,6H3,(H,57,59)(H,58,60);5-6H,1-4H3,(H,8,9);2H,1H3/b35-7-,42-25+;;/t33-,37-,40+,41+,48+,49+,50+,51+,52?;;/m1../s1. The number of carbonyl (C=O) groups is 4. The van der Waals surface area contributed by atoms with Gasteiger partial charge in [-0.1, -0.05) is 109 Å². The number of amides is 3. The first kappa shape index (κ1) is 57.9. The van der Waals surface area contributed by atoms with Gasteiger partial charge < -0.3 is 39.9 Å². The summed E-state index contributed by atoms with van der Waals surface area (Å²) in [5, 5.41) is 6.01. The maximum Gasteiger partial charge on any atom is 0.407 e. The molecule has 2 saturated carbocycles. The van der Waals surface area contributed by atoms with Gasteiger partial charge in [0.05, 0.1) is 54.4 Å². The van der Waals surface area contributed by atoms with E-state index in [2.05, 4.69) is 128 Å². The van der Waals surface area contributed by atoms with Crippen molar-refractivity contribution in [3.05, 3.63) is 107 Å². The van der Waals surface area contributed by atoms with Crippen LogP contribution in [0.4, 0.5) is 4.79 Å². The Kier molecular flexibility index (Phi) is 19.4. The second-order valence-electron chi connectivity index (χ2n) is 23.7. The zero-order chi connectivity index (χ0) is 55.8. The second kappa shape index (κ2) is 26.1. The van der Waals surface area contributed by atoms with E-state index in [0.29, 0.717) is 42.1 Å². The molecule has 4 N–H and O–H groups in total. The van der Waals surface area contributed by atoms with Gasteiger partial charge in [-0.05, 0) is 178 Å². The lowest BCUT2D eigenvalue weighted by Crippen LogP contribution is -2.51. The van der Waals surface area contributed by atoms with Crippen molar-refractivity contribution in [2.24, 2.45) is 35.5 Å². The molecule has 4 aromatic rings. The molecule has 2 unspecified atom stereocenters. The van der Waals surface area contributed by atoms with E-state index in [1.165, 1.54) is 80.6 Å². The first-order valence-corrected chi connectivity index (χ1v) is 29.1. The molecule has 10 atom stereocenters. The number of benzene rings is 2. The largest absolute Gasteiger partial charge is 0.471 e. The zero-order valence-electron chi connectivity index (χ0n) is 48.2. The minimum Gasteiger partial charge on any atom is -0.471 e. The summed E-state index contributed by atoms with van der Waals surface area (Å²) in [6.07, 6.45) is 25.4. The number of likely N-dealkylation sites (tertiary alicyclic amines) is 2. The molecule has 4 heterocycles. The molecule has 0 radical (unpaired) electrons. The molecule has 3 amide bonds. The summed E-state index contributed by atoms with van der Waals surface area (Å²) in [7, 11) is 4.59. The highest BCUT2D eigenvalue weighted by Crippen LogP contribution is 2.48. The monoisotopic (exact) mass is 1060 g/mol. The summed E-state index contributed by atoms with van der Waals surface area (Å²) < 4.78 is 8.28. The first-order chi connectivity index (χ1) is 37.6. The molecule has 420 valence electrons. The Hall–Kier alpha value is -6.28. The molecule has 7 aliphatic rings. The van der Waals surface area contributed by atoms with Crippen molar-refractivity contribution < 1.29 is 28.7 Å². The summed E-state index contributed by atoms with van der Waals surface area (Å²) in [4.78, 5) is 68.2. The van der Waals surface area contributed by atoms with Crippen molar-refractivity contribution in [1.82, 2.24) is 40.4 Å². The number of H-pyrrole nitrogens is 2. The first-order valence-electron chi connectivity index (χ1n) is 29.1. The predicted molar refractivity (Wildman–Crippen MR) is 312 cm³/mol. The van der Waals surface area contributed by atoms with Crippen LogP contribution in [-0.2, 0) is 23.9 Å². The topological polar surface area (TPSA) is 175 Å². The predicted octanol–water partition coefficient (Wildman–Crippen LogP) is 12.9. The number of carbonyl (C=O) groups excluding carboxylic acids is 4. The van der Waals surface area contributed by atoms with E-state index < -0.39 is 0 Å². The van der Waals surface area contributed by atoms with Crippen LogP contribution in [0.15, 0.2) is 84.0 Å². The van der Waals surface area contributed by atoms with E-state index in [9.17, 15) is 14.4 Å². The quantitative estimate of drug-likeness (QED) is 0.107. The van der Waals surface area contributed by atoms with Crippen LogP contribution < -0.4 is 10.6 Å². The number of imidazole rings is 2.